The van der Waals surface area contributed by atoms with Crippen molar-refractivity contribution in [1.82, 2.24) is 19.7 Å². The van der Waals surface area contributed by atoms with Gasteiger partial charge < -0.3 is 22.5 Å². The van der Waals surface area contributed by atoms with Crippen molar-refractivity contribution in [2.24, 2.45) is 11.5 Å². The second-order valence-corrected chi connectivity index (χ2v) is 6.47. The molecule has 2 aromatic heterocycles. The van der Waals surface area contributed by atoms with E-state index < -0.39 is 5.91 Å². The van der Waals surface area contributed by atoms with E-state index in [4.69, 9.17) is 22.2 Å². The molecule has 0 bridgehead atoms. The molecule has 0 saturated carbocycles. The zero-order valence-corrected chi connectivity index (χ0v) is 15.8. The van der Waals surface area contributed by atoms with Gasteiger partial charge in [-0.15, -0.1) is 0 Å². The number of nitrogens with zero attached hydrogens (tertiary/aromatic N) is 3. The van der Waals surface area contributed by atoms with Crippen LogP contribution in [0.5, 0.6) is 0 Å². The summed E-state index contributed by atoms with van der Waals surface area (Å²) in [6.45, 7) is 2.86. The third kappa shape index (κ3) is 3.81. The first-order valence-corrected chi connectivity index (χ1v) is 9.15. The lowest BCUT2D eigenvalue weighted by molar-refractivity contribution is 0.100. The minimum absolute atomic E-state index is 0.206. The SMILES string of the molecule is C/C=C/N.NC(=O)c1ccc(-c2nc([C@@H]3CCCN3)n3ccnc(N)c23)cc1. The molecule has 3 aromatic rings. The van der Waals surface area contributed by atoms with Gasteiger partial charge in [0.1, 0.15) is 22.9 Å². The minimum atomic E-state index is -0.451. The van der Waals surface area contributed by atoms with Crippen LogP contribution >= 0.6 is 0 Å². The molecule has 3 heterocycles. The molecule has 0 spiro atoms. The Morgan fingerprint density at radius 2 is 2.04 bits per heavy atom. The largest absolute Gasteiger partial charge is 0.405 e. The van der Waals surface area contributed by atoms with E-state index in [1.165, 1.54) is 6.20 Å². The highest BCUT2D eigenvalue weighted by Crippen LogP contribution is 2.32. The highest BCUT2D eigenvalue weighted by molar-refractivity contribution is 5.94. The second-order valence-electron chi connectivity index (χ2n) is 6.47. The number of carbonyl (C=O) groups is 1. The van der Waals surface area contributed by atoms with E-state index >= 15 is 0 Å². The lowest BCUT2D eigenvalue weighted by Gasteiger charge is -2.08. The number of aromatic nitrogens is 3. The van der Waals surface area contributed by atoms with Crippen LogP contribution in [0.15, 0.2) is 48.9 Å². The Kier molecular flexibility index (Phi) is 5.90. The molecule has 1 aromatic carbocycles. The molecule has 1 saturated heterocycles. The van der Waals surface area contributed by atoms with Crippen molar-refractivity contribution in [2.75, 3.05) is 12.3 Å². The molecule has 1 amide bonds. The summed E-state index contributed by atoms with van der Waals surface area (Å²) in [6.07, 6.45) is 9.02. The highest BCUT2D eigenvalue weighted by Gasteiger charge is 2.24. The van der Waals surface area contributed by atoms with Crippen LogP contribution in [0.3, 0.4) is 0 Å². The number of fused-ring (bicyclic) bond motifs is 1. The quantitative estimate of drug-likeness (QED) is 0.549. The zero-order chi connectivity index (χ0) is 20.1. The van der Waals surface area contributed by atoms with Gasteiger partial charge in [-0.1, -0.05) is 18.2 Å². The molecule has 1 fully saturated rings. The Balaban J connectivity index is 0.000000516. The Labute approximate surface area is 163 Å². The molecule has 8 heteroatoms. The van der Waals surface area contributed by atoms with Crippen LogP contribution in [0.25, 0.3) is 16.8 Å². The number of hydrogen-bond acceptors (Lipinski definition) is 6. The third-order valence-electron chi connectivity index (χ3n) is 4.62. The number of nitrogen functional groups attached to an aromatic ring is 1. The molecule has 8 nitrogen and oxygen atoms in total. The average Bonchev–Trinajstić information content (AvgIpc) is 3.36. The Morgan fingerprint density at radius 3 is 2.61 bits per heavy atom. The van der Waals surface area contributed by atoms with Gasteiger partial charge in [-0.25, -0.2) is 9.97 Å². The maximum atomic E-state index is 11.3. The summed E-state index contributed by atoms with van der Waals surface area (Å²) in [4.78, 5) is 20.3. The van der Waals surface area contributed by atoms with Crippen molar-refractivity contribution in [3.05, 3.63) is 60.3 Å². The maximum absolute atomic E-state index is 11.3. The molecule has 0 aliphatic carbocycles. The number of hydrogen-bond donors (Lipinski definition) is 4. The number of primary amides is 1. The van der Waals surface area contributed by atoms with Crippen molar-refractivity contribution in [3.63, 3.8) is 0 Å². The number of amides is 1. The summed E-state index contributed by atoms with van der Waals surface area (Å²) in [5, 5.41) is 3.47. The van der Waals surface area contributed by atoms with Crippen LogP contribution < -0.4 is 22.5 Å². The predicted octanol–water partition coefficient (Wildman–Crippen LogP) is 1.98. The molecule has 28 heavy (non-hydrogen) atoms. The smallest absolute Gasteiger partial charge is 0.248 e. The lowest BCUT2D eigenvalue weighted by Crippen LogP contribution is -2.16. The number of carbonyl (C=O) groups excluding carboxylic acids is 1. The molecule has 1 atom stereocenters. The average molecular weight is 379 g/mol. The Hall–Kier alpha value is -3.39. The van der Waals surface area contributed by atoms with Gasteiger partial charge in [-0.05, 0) is 44.6 Å². The van der Waals surface area contributed by atoms with E-state index in [0.717, 1.165) is 42.0 Å². The van der Waals surface area contributed by atoms with E-state index in [-0.39, 0.29) is 6.04 Å². The van der Waals surface area contributed by atoms with E-state index in [1.54, 1.807) is 24.4 Å². The molecule has 1 aliphatic rings. The highest BCUT2D eigenvalue weighted by atomic mass is 16.1. The summed E-state index contributed by atoms with van der Waals surface area (Å²) >= 11 is 0. The van der Waals surface area contributed by atoms with Crippen LogP contribution in [-0.2, 0) is 0 Å². The van der Waals surface area contributed by atoms with Crippen molar-refractivity contribution >= 4 is 17.2 Å². The topological polar surface area (TPSA) is 137 Å². The molecular formula is C20H25N7O. The number of nitrogens with one attached hydrogen (secondary N) is 1. The van der Waals surface area contributed by atoms with E-state index in [0.29, 0.717) is 11.4 Å². The van der Waals surface area contributed by atoms with E-state index in [1.807, 2.05) is 29.7 Å². The standard InChI is InChI=1S/C17H18N6O.C3H7N/c18-15-14-13(10-3-5-11(6-4-10)16(19)24)22-17(12-2-1-7-20-12)23(14)9-8-21-15;1-2-3-4/h3-6,8-9,12,20H,1-2,7H2,(H2,18,21)(H2,19,24);2-3H,4H2,1H3/b;3-2+/t12-;/m0./s1. The summed E-state index contributed by atoms with van der Waals surface area (Å²) in [5.74, 6) is 0.919. The molecule has 0 radical (unpaired) electrons. The van der Waals surface area contributed by atoms with Gasteiger partial charge in [0.25, 0.3) is 0 Å². The lowest BCUT2D eigenvalue weighted by atomic mass is 10.1. The van der Waals surface area contributed by atoms with Crippen LogP contribution in [0.4, 0.5) is 5.82 Å². The van der Waals surface area contributed by atoms with E-state index in [2.05, 4.69) is 10.3 Å². The Bertz CT molecular complexity index is 982. The number of imidazole rings is 1. The number of allylic oxidation sites excluding steroid dienone is 1. The number of anilines is 1. The third-order valence-corrected chi connectivity index (χ3v) is 4.62. The zero-order valence-electron chi connectivity index (χ0n) is 15.8. The maximum Gasteiger partial charge on any atom is 0.248 e. The van der Waals surface area contributed by atoms with Crippen LogP contribution in [0, 0.1) is 0 Å². The Morgan fingerprint density at radius 1 is 1.32 bits per heavy atom. The summed E-state index contributed by atoms with van der Waals surface area (Å²) in [7, 11) is 0. The van der Waals surface area contributed by atoms with Crippen LogP contribution in [-0.4, -0.2) is 26.8 Å². The van der Waals surface area contributed by atoms with Gasteiger partial charge in [0.15, 0.2) is 0 Å². The monoisotopic (exact) mass is 379 g/mol. The summed E-state index contributed by atoms with van der Waals surface area (Å²) < 4.78 is 2.00. The fraction of sp³-hybridized carbons (Fsp3) is 0.250. The molecule has 146 valence electrons. The molecule has 4 rings (SSSR count). The van der Waals surface area contributed by atoms with Crippen molar-refractivity contribution in [1.29, 1.82) is 0 Å². The number of nitrogens with two attached hydrogens (primary N) is 3. The van der Waals surface area contributed by atoms with Gasteiger partial charge in [-0.3, -0.25) is 9.20 Å². The van der Waals surface area contributed by atoms with Crippen molar-refractivity contribution < 1.29 is 4.79 Å². The molecule has 7 N–H and O–H groups in total. The summed E-state index contributed by atoms with van der Waals surface area (Å²) in [5.41, 5.74) is 19.2. The number of rotatable bonds is 3. The molecule has 1 aliphatic heterocycles. The molecular weight excluding hydrogens is 354 g/mol. The van der Waals surface area contributed by atoms with Crippen molar-refractivity contribution in [2.45, 2.75) is 25.8 Å². The van der Waals surface area contributed by atoms with Crippen LogP contribution in [0.2, 0.25) is 0 Å². The normalized spacial score (nSPS) is 16.2. The first-order chi connectivity index (χ1) is 13.6. The summed E-state index contributed by atoms with van der Waals surface area (Å²) in [6, 6.07) is 7.27. The first kappa shape index (κ1) is 19.4. The minimum Gasteiger partial charge on any atom is -0.405 e. The fourth-order valence-electron chi connectivity index (χ4n) is 3.23. The molecule has 0 unspecified atom stereocenters. The van der Waals surface area contributed by atoms with Crippen molar-refractivity contribution in [3.8, 4) is 11.3 Å². The van der Waals surface area contributed by atoms with Gasteiger partial charge in [0.2, 0.25) is 5.91 Å². The second kappa shape index (κ2) is 8.53. The first-order valence-electron chi connectivity index (χ1n) is 9.15. The van der Waals surface area contributed by atoms with Gasteiger partial charge in [-0.2, -0.15) is 0 Å². The number of benzene rings is 1. The van der Waals surface area contributed by atoms with Gasteiger partial charge in [0, 0.05) is 23.5 Å². The van der Waals surface area contributed by atoms with Gasteiger partial charge in [0.05, 0.1) is 6.04 Å². The predicted molar refractivity (Wildman–Crippen MR) is 110 cm³/mol. The van der Waals surface area contributed by atoms with Gasteiger partial charge >= 0.3 is 0 Å². The van der Waals surface area contributed by atoms with E-state index in [9.17, 15) is 4.79 Å². The van der Waals surface area contributed by atoms with Crippen LogP contribution in [0.1, 0.15) is 42.0 Å². The fourth-order valence-corrected chi connectivity index (χ4v) is 3.23.